The molecule has 1 aliphatic heterocycles. The average Bonchev–Trinajstić information content (AvgIpc) is 2.72. The van der Waals surface area contributed by atoms with Gasteiger partial charge < -0.3 is 4.74 Å². The third-order valence-corrected chi connectivity index (χ3v) is 11.2. The van der Waals surface area contributed by atoms with E-state index in [4.69, 9.17) is 4.74 Å². The molecule has 0 radical (unpaired) electrons. The van der Waals surface area contributed by atoms with Crippen LogP contribution in [-0.4, -0.2) is 14.9 Å². The number of hydrogen-bond donors (Lipinski definition) is 0. The highest BCUT2D eigenvalue weighted by atomic mass is 28.3. The lowest BCUT2D eigenvalue weighted by atomic mass is 9.72. The van der Waals surface area contributed by atoms with Crippen molar-refractivity contribution in [1.29, 1.82) is 0 Å². The lowest BCUT2D eigenvalue weighted by Gasteiger charge is -2.37. The van der Waals surface area contributed by atoms with E-state index in [1.807, 2.05) is 13.8 Å². The first-order valence-electron chi connectivity index (χ1n) is 12.2. The molecule has 1 saturated carbocycles. The first-order chi connectivity index (χ1) is 14.0. The van der Waals surface area contributed by atoms with Gasteiger partial charge in [0.1, 0.15) is 0 Å². The molecule has 2 fully saturated rings. The van der Waals surface area contributed by atoms with Gasteiger partial charge in [0.15, 0.2) is 17.4 Å². The largest absolute Gasteiger partial charge is 0.485 e. The monoisotopic (exact) mass is 422 g/mol. The van der Waals surface area contributed by atoms with Crippen LogP contribution in [0.2, 0.25) is 18.1 Å². The predicted octanol–water partition coefficient (Wildman–Crippen LogP) is 7.85. The Bertz CT molecular complexity index is 611. The highest BCUT2D eigenvalue weighted by Gasteiger charge is 2.32. The SMILES string of the molecule is CCC[C@@H](C)Oc1c(F)cc(C2CCC(C3CC[SiH](CCC)CC3)CC2)cc1F. The van der Waals surface area contributed by atoms with Crippen LogP contribution in [-0.2, 0) is 0 Å². The van der Waals surface area contributed by atoms with E-state index >= 15 is 0 Å². The Kier molecular flexibility index (Phi) is 8.58. The lowest BCUT2D eigenvalue weighted by molar-refractivity contribution is 0.190. The van der Waals surface area contributed by atoms with Crippen molar-refractivity contribution in [3.05, 3.63) is 29.3 Å². The molecule has 1 aliphatic carbocycles. The van der Waals surface area contributed by atoms with Crippen LogP contribution in [0.4, 0.5) is 8.78 Å². The third kappa shape index (κ3) is 6.05. The molecule has 1 saturated heterocycles. The minimum absolute atomic E-state index is 0.166. The Morgan fingerprint density at radius 1 is 0.931 bits per heavy atom. The molecule has 4 heteroatoms. The molecule has 0 amide bonds. The van der Waals surface area contributed by atoms with Gasteiger partial charge in [-0.25, -0.2) is 8.78 Å². The molecule has 1 heterocycles. The fourth-order valence-electron chi connectivity index (χ4n) is 5.87. The van der Waals surface area contributed by atoms with E-state index in [1.165, 1.54) is 50.3 Å². The topological polar surface area (TPSA) is 9.23 Å². The number of halogens is 2. The highest BCUT2D eigenvalue weighted by molar-refractivity contribution is 6.58. The maximum atomic E-state index is 14.6. The van der Waals surface area contributed by atoms with Crippen LogP contribution in [0.15, 0.2) is 12.1 Å². The summed E-state index contributed by atoms with van der Waals surface area (Å²) in [6, 6.07) is 7.69. The zero-order chi connectivity index (χ0) is 20.8. The maximum Gasteiger partial charge on any atom is 0.191 e. The summed E-state index contributed by atoms with van der Waals surface area (Å²) < 4.78 is 34.7. The van der Waals surface area contributed by atoms with Gasteiger partial charge in [-0.1, -0.05) is 57.7 Å². The first kappa shape index (κ1) is 22.8. The molecule has 0 aromatic heterocycles. The van der Waals surface area contributed by atoms with Crippen molar-refractivity contribution in [2.45, 2.75) is 109 Å². The molecule has 1 atom stereocenters. The van der Waals surface area contributed by atoms with Gasteiger partial charge in [0.2, 0.25) is 0 Å². The van der Waals surface area contributed by atoms with Gasteiger partial charge in [-0.15, -0.1) is 0 Å². The van der Waals surface area contributed by atoms with E-state index < -0.39 is 20.4 Å². The van der Waals surface area contributed by atoms with Crippen molar-refractivity contribution in [2.24, 2.45) is 11.8 Å². The summed E-state index contributed by atoms with van der Waals surface area (Å²) in [5.74, 6) is 0.781. The third-order valence-electron chi connectivity index (χ3n) is 7.53. The van der Waals surface area contributed by atoms with Crippen molar-refractivity contribution < 1.29 is 13.5 Å². The molecular weight excluding hydrogens is 382 g/mol. The van der Waals surface area contributed by atoms with E-state index in [1.54, 1.807) is 12.1 Å². The Balaban J connectivity index is 1.54. The molecule has 3 rings (SSSR count). The Labute approximate surface area is 178 Å². The summed E-state index contributed by atoms with van der Waals surface area (Å²) >= 11 is 0. The highest BCUT2D eigenvalue weighted by Crippen LogP contribution is 2.44. The van der Waals surface area contributed by atoms with Crippen molar-refractivity contribution in [3.63, 3.8) is 0 Å². The Hall–Kier alpha value is -0.903. The van der Waals surface area contributed by atoms with Crippen LogP contribution in [0.3, 0.4) is 0 Å². The lowest BCUT2D eigenvalue weighted by Crippen LogP contribution is -2.28. The van der Waals surface area contributed by atoms with Crippen molar-refractivity contribution in [2.75, 3.05) is 0 Å². The van der Waals surface area contributed by atoms with E-state index in [0.29, 0.717) is 5.92 Å². The predicted molar refractivity (Wildman–Crippen MR) is 121 cm³/mol. The van der Waals surface area contributed by atoms with E-state index in [0.717, 1.165) is 43.1 Å². The van der Waals surface area contributed by atoms with Gasteiger partial charge in [-0.2, -0.15) is 0 Å². The minimum Gasteiger partial charge on any atom is -0.485 e. The summed E-state index contributed by atoms with van der Waals surface area (Å²) in [6.45, 7) is 6.25. The number of hydrogen-bond acceptors (Lipinski definition) is 1. The van der Waals surface area contributed by atoms with Crippen LogP contribution < -0.4 is 4.74 Å². The Morgan fingerprint density at radius 2 is 1.52 bits per heavy atom. The van der Waals surface area contributed by atoms with Gasteiger partial charge in [-0.3, -0.25) is 0 Å². The van der Waals surface area contributed by atoms with Crippen molar-refractivity contribution >= 4 is 8.80 Å². The summed E-state index contributed by atoms with van der Waals surface area (Å²) in [5.41, 5.74) is 0.827. The molecule has 1 aromatic carbocycles. The fourth-order valence-corrected chi connectivity index (χ4v) is 9.36. The molecule has 2 aliphatic rings. The second kappa shape index (κ2) is 10.9. The van der Waals surface area contributed by atoms with Gasteiger partial charge in [0.25, 0.3) is 0 Å². The van der Waals surface area contributed by atoms with Gasteiger partial charge in [-0.05, 0) is 74.5 Å². The molecule has 0 unspecified atom stereocenters. The minimum atomic E-state index is -0.538. The van der Waals surface area contributed by atoms with Crippen LogP contribution >= 0.6 is 0 Å². The normalized spacial score (nSPS) is 28.9. The molecular formula is C25H40F2OSi. The van der Waals surface area contributed by atoms with E-state index in [-0.39, 0.29) is 11.9 Å². The zero-order valence-electron chi connectivity index (χ0n) is 18.7. The summed E-state index contributed by atoms with van der Waals surface area (Å²) in [4.78, 5) is 0. The molecule has 29 heavy (non-hydrogen) atoms. The van der Waals surface area contributed by atoms with Gasteiger partial charge in [0, 0.05) is 8.80 Å². The van der Waals surface area contributed by atoms with Crippen LogP contribution in [0.25, 0.3) is 0 Å². The van der Waals surface area contributed by atoms with E-state index in [2.05, 4.69) is 6.92 Å². The number of rotatable bonds is 8. The van der Waals surface area contributed by atoms with Crippen molar-refractivity contribution in [3.8, 4) is 5.75 Å². The van der Waals surface area contributed by atoms with Crippen LogP contribution in [0.1, 0.15) is 90.0 Å². The summed E-state index contributed by atoms with van der Waals surface area (Å²) in [6.07, 6.45) is 10.5. The number of benzene rings is 1. The van der Waals surface area contributed by atoms with Crippen LogP contribution in [0.5, 0.6) is 5.75 Å². The van der Waals surface area contributed by atoms with Gasteiger partial charge >= 0.3 is 0 Å². The summed E-state index contributed by atoms with van der Waals surface area (Å²) in [5, 5.41) is 0. The quantitative estimate of drug-likeness (QED) is 0.387. The molecule has 1 nitrogen and oxygen atoms in total. The second-order valence-corrected chi connectivity index (χ2v) is 13.2. The average molecular weight is 423 g/mol. The first-order valence-corrected chi connectivity index (χ1v) is 14.6. The molecule has 1 aromatic rings. The van der Waals surface area contributed by atoms with E-state index in [9.17, 15) is 8.78 Å². The standard InChI is InChI=1S/C25H40F2OSi/c1-4-6-18(3)28-25-23(26)16-22(17-24(25)27)20-9-7-19(8-10-20)21-11-14-29(13-5-2)15-12-21/h16-21,29H,4-15H2,1-3H3/t18-,19?,20?,21?,29?/m1/s1. The second-order valence-electron chi connectivity index (χ2n) is 9.71. The van der Waals surface area contributed by atoms with Crippen LogP contribution in [0, 0.1) is 23.5 Å². The van der Waals surface area contributed by atoms with Crippen molar-refractivity contribution in [1.82, 2.24) is 0 Å². The maximum absolute atomic E-state index is 14.6. The zero-order valence-corrected chi connectivity index (χ0v) is 19.8. The molecule has 164 valence electrons. The smallest absolute Gasteiger partial charge is 0.191 e. The Morgan fingerprint density at radius 3 is 2.07 bits per heavy atom. The fraction of sp³-hybridized carbons (Fsp3) is 0.760. The molecule has 0 spiro atoms. The molecule has 0 N–H and O–H groups in total. The molecule has 0 bridgehead atoms. The summed E-state index contributed by atoms with van der Waals surface area (Å²) in [7, 11) is -0.407. The van der Waals surface area contributed by atoms with Gasteiger partial charge in [0.05, 0.1) is 6.10 Å². The number of ether oxygens (including phenoxy) is 1.